The normalized spacial score (nSPS) is 9.76. The fraction of sp³-hybridized carbons (Fsp3) is 0.333. The molecule has 114 valence electrons. The second-order valence-corrected chi connectivity index (χ2v) is 4.37. The Labute approximate surface area is 124 Å². The Morgan fingerprint density at radius 3 is 2.57 bits per heavy atom. The van der Waals surface area contributed by atoms with Crippen molar-refractivity contribution in [2.24, 2.45) is 0 Å². The van der Waals surface area contributed by atoms with Gasteiger partial charge in [0.15, 0.2) is 6.61 Å². The number of hydrogen-bond acceptors (Lipinski definition) is 3. The van der Waals surface area contributed by atoms with Crippen molar-refractivity contribution < 1.29 is 19.4 Å². The molecule has 0 unspecified atom stereocenters. The molecule has 0 saturated carbocycles. The molecule has 21 heavy (non-hydrogen) atoms. The van der Waals surface area contributed by atoms with Crippen molar-refractivity contribution in [3.63, 3.8) is 0 Å². The molecule has 2 amide bonds. The van der Waals surface area contributed by atoms with E-state index in [0.717, 1.165) is 6.42 Å². The van der Waals surface area contributed by atoms with E-state index in [1.807, 2.05) is 6.92 Å². The number of rotatable bonds is 8. The van der Waals surface area contributed by atoms with E-state index in [0.29, 0.717) is 24.5 Å². The highest BCUT2D eigenvalue weighted by molar-refractivity contribution is 5.89. The number of carboxylic acid groups (broad SMARTS) is 1. The number of amides is 2. The van der Waals surface area contributed by atoms with Gasteiger partial charge in [0.1, 0.15) is 5.75 Å². The summed E-state index contributed by atoms with van der Waals surface area (Å²) in [5.74, 6) is -0.598. The fourth-order valence-electron chi connectivity index (χ4n) is 1.68. The summed E-state index contributed by atoms with van der Waals surface area (Å²) < 4.78 is 5.02. The van der Waals surface area contributed by atoms with Crippen LogP contribution in [0.25, 0.3) is 0 Å². The number of hydrogen-bond donors (Lipinski definition) is 2. The quantitative estimate of drug-likeness (QED) is 0.722. The lowest BCUT2D eigenvalue weighted by Crippen LogP contribution is -2.35. The van der Waals surface area contributed by atoms with E-state index in [2.05, 4.69) is 11.9 Å². The van der Waals surface area contributed by atoms with Crippen molar-refractivity contribution >= 4 is 17.7 Å². The van der Waals surface area contributed by atoms with Crippen LogP contribution in [0.15, 0.2) is 36.9 Å². The molecule has 0 bridgehead atoms. The van der Waals surface area contributed by atoms with Gasteiger partial charge in [-0.1, -0.05) is 13.0 Å². The van der Waals surface area contributed by atoms with Crippen molar-refractivity contribution in [2.45, 2.75) is 13.3 Å². The highest BCUT2D eigenvalue weighted by Gasteiger charge is 2.11. The number of carbonyl (C=O) groups excluding carboxylic acids is 1. The Morgan fingerprint density at radius 1 is 1.38 bits per heavy atom. The van der Waals surface area contributed by atoms with Crippen molar-refractivity contribution in [1.29, 1.82) is 0 Å². The van der Waals surface area contributed by atoms with Gasteiger partial charge in [0.25, 0.3) is 0 Å². The number of urea groups is 1. The molecule has 6 heteroatoms. The summed E-state index contributed by atoms with van der Waals surface area (Å²) in [5.41, 5.74) is 0.618. The van der Waals surface area contributed by atoms with Crippen molar-refractivity contribution in [2.75, 3.05) is 25.0 Å². The van der Waals surface area contributed by atoms with E-state index < -0.39 is 12.6 Å². The van der Waals surface area contributed by atoms with E-state index >= 15 is 0 Å². The van der Waals surface area contributed by atoms with E-state index in [-0.39, 0.29) is 6.03 Å². The van der Waals surface area contributed by atoms with E-state index in [1.54, 1.807) is 35.2 Å². The van der Waals surface area contributed by atoms with Crippen molar-refractivity contribution in [3.05, 3.63) is 36.9 Å². The van der Waals surface area contributed by atoms with Gasteiger partial charge in [0, 0.05) is 18.8 Å². The third-order valence-electron chi connectivity index (χ3n) is 2.60. The predicted molar refractivity (Wildman–Crippen MR) is 80.7 cm³/mol. The average Bonchev–Trinajstić information content (AvgIpc) is 2.46. The smallest absolute Gasteiger partial charge is 0.341 e. The van der Waals surface area contributed by atoms with E-state index in [1.165, 1.54) is 0 Å². The molecule has 1 rings (SSSR count). The summed E-state index contributed by atoms with van der Waals surface area (Å²) in [6.45, 7) is 6.37. The summed E-state index contributed by atoms with van der Waals surface area (Å²) in [5, 5.41) is 11.3. The number of anilines is 1. The maximum atomic E-state index is 12.1. The van der Waals surface area contributed by atoms with Crippen LogP contribution in [0.4, 0.5) is 10.5 Å². The van der Waals surface area contributed by atoms with Gasteiger partial charge in [0.2, 0.25) is 0 Å². The number of carbonyl (C=O) groups is 2. The van der Waals surface area contributed by atoms with Gasteiger partial charge in [-0.25, -0.2) is 9.59 Å². The minimum absolute atomic E-state index is 0.198. The largest absolute Gasteiger partial charge is 0.482 e. The number of nitrogens with zero attached hydrogens (tertiary/aromatic N) is 1. The lowest BCUT2D eigenvalue weighted by molar-refractivity contribution is -0.139. The lowest BCUT2D eigenvalue weighted by Gasteiger charge is -2.20. The minimum atomic E-state index is -1.04. The molecule has 0 atom stereocenters. The Balaban J connectivity index is 2.59. The summed E-state index contributed by atoms with van der Waals surface area (Å²) in [6.07, 6.45) is 2.54. The maximum Gasteiger partial charge on any atom is 0.341 e. The molecule has 0 aliphatic heterocycles. The zero-order valence-corrected chi connectivity index (χ0v) is 12.0. The maximum absolute atomic E-state index is 12.1. The molecule has 2 N–H and O–H groups in total. The molecule has 0 aliphatic rings. The van der Waals surface area contributed by atoms with Crippen LogP contribution in [0.2, 0.25) is 0 Å². The van der Waals surface area contributed by atoms with Crippen molar-refractivity contribution in [1.82, 2.24) is 4.90 Å². The second-order valence-electron chi connectivity index (χ2n) is 4.37. The number of aliphatic carboxylic acids is 1. The van der Waals surface area contributed by atoms with Gasteiger partial charge in [-0.2, -0.15) is 0 Å². The number of benzene rings is 1. The predicted octanol–water partition coefficient (Wildman–Crippen LogP) is 2.58. The van der Waals surface area contributed by atoms with Crippen LogP contribution in [0.3, 0.4) is 0 Å². The SMILES string of the molecule is C=CCN(CCC)C(=O)Nc1ccc(OCC(=O)O)cc1. The monoisotopic (exact) mass is 292 g/mol. The zero-order chi connectivity index (χ0) is 15.7. The lowest BCUT2D eigenvalue weighted by atomic mass is 10.3. The zero-order valence-electron chi connectivity index (χ0n) is 12.0. The van der Waals surface area contributed by atoms with Crippen LogP contribution >= 0.6 is 0 Å². The third kappa shape index (κ3) is 5.99. The molecule has 0 aliphatic carbocycles. The van der Waals surface area contributed by atoms with Gasteiger partial charge >= 0.3 is 12.0 Å². The molecule has 0 heterocycles. The first-order chi connectivity index (χ1) is 10.1. The van der Waals surface area contributed by atoms with Gasteiger partial charge in [0.05, 0.1) is 0 Å². The molecule has 0 fully saturated rings. The van der Waals surface area contributed by atoms with Crippen LogP contribution in [0, 0.1) is 0 Å². The summed E-state index contributed by atoms with van der Waals surface area (Å²) in [7, 11) is 0. The summed E-state index contributed by atoms with van der Waals surface area (Å²) >= 11 is 0. The second kappa shape index (κ2) is 8.63. The van der Waals surface area contributed by atoms with Gasteiger partial charge in [-0.05, 0) is 30.7 Å². The molecule has 0 aromatic heterocycles. The Hall–Kier alpha value is -2.50. The van der Waals surface area contributed by atoms with E-state index in [9.17, 15) is 9.59 Å². The van der Waals surface area contributed by atoms with Gasteiger partial charge < -0.3 is 20.1 Å². The highest BCUT2D eigenvalue weighted by Crippen LogP contribution is 2.16. The van der Waals surface area contributed by atoms with Gasteiger partial charge in [-0.3, -0.25) is 0 Å². The van der Waals surface area contributed by atoms with Crippen LogP contribution in [0.5, 0.6) is 5.75 Å². The Bertz CT molecular complexity index is 485. The van der Waals surface area contributed by atoms with Crippen LogP contribution in [-0.2, 0) is 4.79 Å². The van der Waals surface area contributed by atoms with Crippen molar-refractivity contribution in [3.8, 4) is 5.75 Å². The molecular formula is C15H20N2O4. The Kier molecular flexibility index (Phi) is 6.80. The molecular weight excluding hydrogens is 272 g/mol. The third-order valence-corrected chi connectivity index (χ3v) is 2.60. The first-order valence-corrected chi connectivity index (χ1v) is 6.68. The van der Waals surface area contributed by atoms with Crippen LogP contribution < -0.4 is 10.1 Å². The Morgan fingerprint density at radius 2 is 2.05 bits per heavy atom. The first kappa shape index (κ1) is 16.6. The first-order valence-electron chi connectivity index (χ1n) is 6.68. The molecule has 0 spiro atoms. The van der Waals surface area contributed by atoms with Crippen LogP contribution in [-0.4, -0.2) is 41.7 Å². The van der Waals surface area contributed by atoms with E-state index in [4.69, 9.17) is 9.84 Å². The minimum Gasteiger partial charge on any atom is -0.482 e. The average molecular weight is 292 g/mol. The number of nitrogens with one attached hydrogen (secondary N) is 1. The van der Waals surface area contributed by atoms with Crippen LogP contribution in [0.1, 0.15) is 13.3 Å². The molecule has 0 radical (unpaired) electrons. The molecule has 1 aromatic carbocycles. The standard InChI is InChI=1S/C15H20N2O4/c1-3-9-17(10-4-2)15(20)16-12-5-7-13(8-6-12)21-11-14(18)19/h3,5-8H,1,4,9-11H2,2H3,(H,16,20)(H,18,19). The molecule has 6 nitrogen and oxygen atoms in total. The fourth-order valence-corrected chi connectivity index (χ4v) is 1.68. The summed E-state index contributed by atoms with van der Waals surface area (Å²) in [6, 6.07) is 6.34. The van der Waals surface area contributed by atoms with Gasteiger partial charge in [-0.15, -0.1) is 6.58 Å². The summed E-state index contributed by atoms with van der Waals surface area (Å²) in [4.78, 5) is 24.1. The highest BCUT2D eigenvalue weighted by atomic mass is 16.5. The number of ether oxygens (including phenoxy) is 1. The number of carboxylic acids is 1. The molecule has 1 aromatic rings. The molecule has 0 saturated heterocycles. The topological polar surface area (TPSA) is 78.9 Å².